The van der Waals surface area contributed by atoms with Gasteiger partial charge in [0.2, 0.25) is 0 Å². The van der Waals surface area contributed by atoms with Crippen molar-refractivity contribution in [3.8, 4) is 5.75 Å². The predicted molar refractivity (Wildman–Crippen MR) is 68.3 cm³/mol. The van der Waals surface area contributed by atoms with E-state index in [9.17, 15) is 8.78 Å². The van der Waals surface area contributed by atoms with Gasteiger partial charge in [-0.15, -0.1) is 0 Å². The number of aromatic nitrogens is 1. The fraction of sp³-hybridized carbons (Fsp3) is 0.643. The molecule has 0 fully saturated rings. The highest BCUT2D eigenvalue weighted by molar-refractivity contribution is 5.35. The zero-order valence-corrected chi connectivity index (χ0v) is 11.8. The Hall–Kier alpha value is -1.19. The van der Waals surface area contributed by atoms with Crippen LogP contribution >= 0.6 is 0 Å². The SMILES string of the molecule is CC(C)(C)c1ccc(OC(F)F)c(C(C)(C)C)n1. The molecular formula is C14H21F2NO. The number of hydrogen-bond acceptors (Lipinski definition) is 2. The van der Waals surface area contributed by atoms with Crippen LogP contribution in [0.2, 0.25) is 0 Å². The van der Waals surface area contributed by atoms with Gasteiger partial charge in [-0.2, -0.15) is 8.78 Å². The molecule has 102 valence electrons. The second kappa shape index (κ2) is 4.82. The molecule has 1 aromatic rings. The van der Waals surface area contributed by atoms with Gasteiger partial charge in [-0.05, 0) is 12.1 Å². The summed E-state index contributed by atoms with van der Waals surface area (Å²) in [5.41, 5.74) is 0.971. The van der Waals surface area contributed by atoms with E-state index in [2.05, 4.69) is 9.72 Å². The molecule has 0 aliphatic rings. The highest BCUT2D eigenvalue weighted by Crippen LogP contribution is 2.33. The highest BCUT2D eigenvalue weighted by Gasteiger charge is 2.25. The molecule has 2 nitrogen and oxygen atoms in total. The zero-order chi connectivity index (χ0) is 14.1. The Morgan fingerprint density at radius 1 is 1.00 bits per heavy atom. The summed E-state index contributed by atoms with van der Waals surface area (Å²) < 4.78 is 29.3. The lowest BCUT2D eigenvalue weighted by Crippen LogP contribution is -2.21. The first-order valence-electron chi connectivity index (χ1n) is 5.98. The Balaban J connectivity index is 3.30. The smallest absolute Gasteiger partial charge is 0.387 e. The van der Waals surface area contributed by atoms with Gasteiger partial charge in [0, 0.05) is 16.5 Å². The van der Waals surface area contributed by atoms with Crippen LogP contribution in [-0.2, 0) is 10.8 Å². The molecule has 0 saturated heterocycles. The minimum Gasteiger partial charge on any atom is -0.433 e. The maximum atomic E-state index is 12.4. The lowest BCUT2D eigenvalue weighted by Gasteiger charge is -2.25. The minimum atomic E-state index is -2.83. The summed E-state index contributed by atoms with van der Waals surface area (Å²) in [5.74, 6) is 0.158. The topological polar surface area (TPSA) is 22.1 Å². The molecule has 1 rings (SSSR count). The summed E-state index contributed by atoms with van der Waals surface area (Å²) in [5, 5.41) is 0. The number of ether oxygens (including phenoxy) is 1. The zero-order valence-electron chi connectivity index (χ0n) is 11.8. The number of rotatable bonds is 2. The third-order valence-electron chi connectivity index (χ3n) is 2.55. The third kappa shape index (κ3) is 3.65. The van der Waals surface area contributed by atoms with Crippen LogP contribution in [0, 0.1) is 0 Å². The van der Waals surface area contributed by atoms with Crippen LogP contribution in [-0.4, -0.2) is 11.6 Å². The molecule has 1 heterocycles. The average Bonchev–Trinajstić information content (AvgIpc) is 2.13. The molecule has 1 aromatic heterocycles. The molecule has 4 heteroatoms. The van der Waals surface area contributed by atoms with Crippen molar-refractivity contribution in [1.82, 2.24) is 4.98 Å². The van der Waals surface area contributed by atoms with E-state index in [0.717, 1.165) is 5.69 Å². The highest BCUT2D eigenvalue weighted by atomic mass is 19.3. The summed E-state index contributed by atoms with van der Waals surface area (Å²) in [6.45, 7) is 9.08. The van der Waals surface area contributed by atoms with Gasteiger partial charge >= 0.3 is 6.61 Å². The van der Waals surface area contributed by atoms with Gasteiger partial charge in [-0.3, -0.25) is 4.98 Å². The molecule has 0 amide bonds. The standard InChI is InChI=1S/C14H21F2NO/c1-13(2,3)10-8-7-9(18-12(15)16)11(17-10)14(4,5)6/h7-8,12H,1-6H3. The van der Waals surface area contributed by atoms with Crippen molar-refractivity contribution in [3.63, 3.8) is 0 Å². The van der Waals surface area contributed by atoms with Crippen LogP contribution in [0.25, 0.3) is 0 Å². The summed E-state index contributed by atoms with van der Waals surface area (Å²) in [4.78, 5) is 4.51. The van der Waals surface area contributed by atoms with Gasteiger partial charge in [-0.25, -0.2) is 0 Å². The molecule has 0 aliphatic carbocycles. The maximum absolute atomic E-state index is 12.4. The molecule has 18 heavy (non-hydrogen) atoms. The maximum Gasteiger partial charge on any atom is 0.387 e. The molecule has 0 bridgehead atoms. The molecule has 0 unspecified atom stereocenters. The van der Waals surface area contributed by atoms with E-state index >= 15 is 0 Å². The summed E-state index contributed by atoms with van der Waals surface area (Å²) in [7, 11) is 0. The average molecular weight is 257 g/mol. The van der Waals surface area contributed by atoms with Gasteiger partial charge in [0.25, 0.3) is 0 Å². The van der Waals surface area contributed by atoms with E-state index in [1.807, 2.05) is 41.5 Å². The fourth-order valence-corrected chi connectivity index (χ4v) is 1.59. The largest absolute Gasteiger partial charge is 0.433 e. The van der Waals surface area contributed by atoms with E-state index < -0.39 is 6.61 Å². The van der Waals surface area contributed by atoms with Gasteiger partial charge < -0.3 is 4.74 Å². The molecule has 0 saturated carbocycles. The van der Waals surface area contributed by atoms with Crippen LogP contribution in [0.5, 0.6) is 5.75 Å². The first-order chi connectivity index (χ1) is 8.01. The van der Waals surface area contributed by atoms with Crippen molar-refractivity contribution in [1.29, 1.82) is 0 Å². The summed E-state index contributed by atoms with van der Waals surface area (Å²) >= 11 is 0. The second-order valence-electron chi connectivity index (χ2n) is 6.42. The lowest BCUT2D eigenvalue weighted by molar-refractivity contribution is -0.0512. The normalized spacial score (nSPS) is 12.9. The fourth-order valence-electron chi connectivity index (χ4n) is 1.59. The van der Waals surface area contributed by atoms with E-state index in [4.69, 9.17) is 0 Å². The molecule has 0 radical (unpaired) electrons. The summed E-state index contributed by atoms with van der Waals surface area (Å²) in [6, 6.07) is 3.33. The molecule has 0 atom stereocenters. The summed E-state index contributed by atoms with van der Waals surface area (Å²) in [6.07, 6.45) is 0. The van der Waals surface area contributed by atoms with Crippen LogP contribution < -0.4 is 4.74 Å². The number of hydrogen-bond donors (Lipinski definition) is 0. The van der Waals surface area contributed by atoms with Gasteiger partial charge in [0.1, 0.15) is 5.75 Å². The number of alkyl halides is 2. The van der Waals surface area contributed by atoms with Gasteiger partial charge in [0.05, 0.1) is 5.69 Å². The Labute approximate surface area is 107 Å². The van der Waals surface area contributed by atoms with Crippen molar-refractivity contribution < 1.29 is 13.5 Å². The van der Waals surface area contributed by atoms with Crippen molar-refractivity contribution in [2.45, 2.75) is 59.0 Å². The van der Waals surface area contributed by atoms with Crippen LogP contribution in [0.1, 0.15) is 52.9 Å². The van der Waals surface area contributed by atoms with Gasteiger partial charge in [-0.1, -0.05) is 41.5 Å². The Morgan fingerprint density at radius 2 is 1.56 bits per heavy atom. The molecule has 0 aliphatic heterocycles. The van der Waals surface area contributed by atoms with Crippen LogP contribution in [0.15, 0.2) is 12.1 Å². The quantitative estimate of drug-likeness (QED) is 0.789. The predicted octanol–water partition coefficient (Wildman–Crippen LogP) is 4.28. The van der Waals surface area contributed by atoms with Crippen LogP contribution in [0.3, 0.4) is 0 Å². The third-order valence-corrected chi connectivity index (χ3v) is 2.55. The van der Waals surface area contributed by atoms with Gasteiger partial charge in [0.15, 0.2) is 0 Å². The first kappa shape index (κ1) is 14.9. The first-order valence-corrected chi connectivity index (χ1v) is 5.98. The molecular weight excluding hydrogens is 236 g/mol. The monoisotopic (exact) mass is 257 g/mol. The molecule has 0 N–H and O–H groups in total. The van der Waals surface area contributed by atoms with E-state index in [1.165, 1.54) is 0 Å². The Morgan fingerprint density at radius 3 is 1.94 bits per heavy atom. The van der Waals surface area contributed by atoms with E-state index in [-0.39, 0.29) is 16.6 Å². The van der Waals surface area contributed by atoms with E-state index in [1.54, 1.807) is 12.1 Å². The van der Waals surface area contributed by atoms with Crippen molar-refractivity contribution >= 4 is 0 Å². The van der Waals surface area contributed by atoms with Crippen molar-refractivity contribution in [3.05, 3.63) is 23.5 Å². The second-order valence-corrected chi connectivity index (χ2v) is 6.42. The number of halogens is 2. The minimum absolute atomic E-state index is 0.122. The number of nitrogens with zero attached hydrogens (tertiary/aromatic N) is 1. The Bertz CT molecular complexity index is 417. The van der Waals surface area contributed by atoms with Crippen molar-refractivity contribution in [2.24, 2.45) is 0 Å². The molecule has 0 aromatic carbocycles. The van der Waals surface area contributed by atoms with E-state index in [0.29, 0.717) is 5.69 Å². The number of pyridine rings is 1. The van der Waals surface area contributed by atoms with Crippen LogP contribution in [0.4, 0.5) is 8.78 Å². The lowest BCUT2D eigenvalue weighted by atomic mass is 9.87. The van der Waals surface area contributed by atoms with Crippen molar-refractivity contribution in [2.75, 3.05) is 0 Å². The molecule has 0 spiro atoms. The Kier molecular flexibility index (Phi) is 3.99.